The third kappa shape index (κ3) is 6.01. The first-order chi connectivity index (χ1) is 5.20. The van der Waals surface area contributed by atoms with Gasteiger partial charge in [-0.25, -0.2) is 4.39 Å². The number of carbonyl (C=O) groups excluding carboxylic acids is 1. The van der Waals surface area contributed by atoms with E-state index in [9.17, 15) is 4.39 Å². The van der Waals surface area contributed by atoms with Crippen molar-refractivity contribution in [3.05, 3.63) is 34.6 Å². The van der Waals surface area contributed by atoms with Gasteiger partial charge in [-0.15, -0.1) is 0 Å². The fourth-order valence-electron chi connectivity index (χ4n) is 0.460. The normalized spacial score (nSPS) is 7.91. The molecule has 11 heavy (non-hydrogen) atoms. The molecule has 0 bridgehead atoms. The predicted molar refractivity (Wildman–Crippen MR) is 46.7 cm³/mol. The SMILES string of the molecule is Fc1cccc(Br)c1.O=CCl. The molecule has 0 heterocycles. The standard InChI is InChI=1S/C6H4BrF.CHClO/c7-5-2-1-3-6(8)4-5;2-1-3/h1-4H;1H. The van der Waals surface area contributed by atoms with Crippen LogP contribution in [-0.2, 0) is 4.79 Å². The largest absolute Gasteiger partial charge is 0.285 e. The summed E-state index contributed by atoms with van der Waals surface area (Å²) in [5.74, 6) is 0.0133. The monoisotopic (exact) mass is 238 g/mol. The Hall–Kier alpha value is -0.410. The quantitative estimate of drug-likeness (QED) is 0.502. The minimum Gasteiger partial charge on any atom is -0.285 e. The zero-order chi connectivity index (χ0) is 8.69. The van der Waals surface area contributed by atoms with Crippen molar-refractivity contribution in [2.75, 3.05) is 0 Å². The summed E-state index contributed by atoms with van der Waals surface area (Å²) in [6, 6.07) is 6.26. The van der Waals surface area contributed by atoms with E-state index >= 15 is 0 Å². The highest BCUT2D eigenvalue weighted by molar-refractivity contribution is 9.10. The van der Waals surface area contributed by atoms with E-state index in [1.54, 1.807) is 12.1 Å². The van der Waals surface area contributed by atoms with Crippen LogP contribution in [0.5, 0.6) is 0 Å². The highest BCUT2D eigenvalue weighted by Gasteiger charge is 1.86. The molecule has 0 unspecified atom stereocenters. The highest BCUT2D eigenvalue weighted by atomic mass is 79.9. The average Bonchev–Trinajstić information content (AvgIpc) is 1.88. The number of hydrogen-bond acceptors (Lipinski definition) is 1. The Morgan fingerprint density at radius 1 is 1.55 bits per heavy atom. The van der Waals surface area contributed by atoms with Crippen molar-refractivity contribution < 1.29 is 9.18 Å². The van der Waals surface area contributed by atoms with Crippen molar-refractivity contribution in [1.82, 2.24) is 0 Å². The lowest BCUT2D eigenvalue weighted by molar-refractivity contribution is 0.569. The summed E-state index contributed by atoms with van der Waals surface area (Å²) in [7, 11) is 0. The number of hydrogen-bond donors (Lipinski definition) is 0. The third-order valence-corrected chi connectivity index (χ3v) is 1.28. The molecule has 0 amide bonds. The van der Waals surface area contributed by atoms with Crippen LogP contribution in [0.15, 0.2) is 28.7 Å². The number of rotatable bonds is 0. The molecule has 0 saturated heterocycles. The van der Waals surface area contributed by atoms with Gasteiger partial charge in [-0.2, -0.15) is 0 Å². The molecule has 0 fully saturated rings. The Bertz CT molecular complexity index is 212. The smallest absolute Gasteiger partial charge is 0.208 e. The van der Waals surface area contributed by atoms with Gasteiger partial charge < -0.3 is 0 Å². The molecule has 0 atom stereocenters. The molecule has 1 rings (SSSR count). The van der Waals surface area contributed by atoms with Gasteiger partial charge in [0.05, 0.1) is 0 Å². The van der Waals surface area contributed by atoms with Crippen molar-refractivity contribution in [1.29, 1.82) is 0 Å². The lowest BCUT2D eigenvalue weighted by Gasteiger charge is -1.85. The van der Waals surface area contributed by atoms with Gasteiger partial charge in [-0.1, -0.05) is 22.0 Å². The summed E-state index contributed by atoms with van der Waals surface area (Å²) in [5, 5.41) is 0. The second kappa shape index (κ2) is 6.31. The van der Waals surface area contributed by atoms with Gasteiger partial charge in [0.25, 0.3) is 0 Å². The molecule has 60 valence electrons. The van der Waals surface area contributed by atoms with E-state index in [2.05, 4.69) is 27.5 Å². The highest BCUT2D eigenvalue weighted by Crippen LogP contribution is 2.09. The zero-order valence-electron chi connectivity index (χ0n) is 5.43. The molecule has 0 aliphatic heterocycles. The third-order valence-electron chi connectivity index (χ3n) is 0.787. The van der Waals surface area contributed by atoms with E-state index in [0.29, 0.717) is 0 Å². The van der Waals surface area contributed by atoms with Gasteiger partial charge in [0, 0.05) is 4.47 Å². The lowest BCUT2D eigenvalue weighted by atomic mass is 10.4. The Labute approximate surface area is 77.3 Å². The van der Waals surface area contributed by atoms with Crippen LogP contribution in [0.2, 0.25) is 0 Å². The maximum atomic E-state index is 12.1. The van der Waals surface area contributed by atoms with Gasteiger partial charge in [0.2, 0.25) is 5.75 Å². The second-order valence-corrected chi connectivity index (χ2v) is 2.62. The first-order valence-corrected chi connectivity index (χ1v) is 3.88. The first-order valence-electron chi connectivity index (χ1n) is 2.65. The fraction of sp³-hybridized carbons (Fsp3) is 0. The summed E-state index contributed by atoms with van der Waals surface area (Å²) in [6.45, 7) is 0. The Balaban J connectivity index is 0.000000292. The Morgan fingerprint density at radius 2 is 2.09 bits per heavy atom. The Morgan fingerprint density at radius 3 is 2.36 bits per heavy atom. The van der Waals surface area contributed by atoms with E-state index in [1.807, 2.05) is 0 Å². The molecule has 0 aliphatic rings. The predicted octanol–water partition coefficient (Wildman–Crippen LogP) is 3.00. The molecule has 0 aromatic heterocycles. The van der Waals surface area contributed by atoms with E-state index in [1.165, 1.54) is 12.1 Å². The van der Waals surface area contributed by atoms with Crippen molar-refractivity contribution in [2.45, 2.75) is 0 Å². The molecule has 4 heteroatoms. The van der Waals surface area contributed by atoms with Crippen LogP contribution < -0.4 is 0 Å². The van der Waals surface area contributed by atoms with Crippen molar-refractivity contribution in [3.63, 3.8) is 0 Å². The molecule has 0 saturated carbocycles. The number of benzene rings is 1. The maximum Gasteiger partial charge on any atom is 0.208 e. The van der Waals surface area contributed by atoms with Crippen LogP contribution in [0.4, 0.5) is 4.39 Å². The first kappa shape index (κ1) is 10.6. The van der Waals surface area contributed by atoms with Crippen LogP contribution in [0, 0.1) is 5.82 Å². The van der Waals surface area contributed by atoms with E-state index in [0.717, 1.165) is 4.47 Å². The van der Waals surface area contributed by atoms with Gasteiger partial charge in [-0.3, -0.25) is 4.79 Å². The summed E-state index contributed by atoms with van der Waals surface area (Å²) < 4.78 is 12.9. The maximum absolute atomic E-state index is 12.1. The lowest BCUT2D eigenvalue weighted by Crippen LogP contribution is -1.68. The summed E-state index contributed by atoms with van der Waals surface area (Å²) in [5.41, 5.74) is 0. The topological polar surface area (TPSA) is 17.1 Å². The van der Waals surface area contributed by atoms with Gasteiger partial charge in [-0.05, 0) is 29.8 Å². The van der Waals surface area contributed by atoms with Crippen LogP contribution in [-0.4, -0.2) is 5.75 Å². The number of halogens is 3. The van der Waals surface area contributed by atoms with Crippen molar-refractivity contribution in [2.24, 2.45) is 0 Å². The fourth-order valence-corrected chi connectivity index (χ4v) is 0.831. The molecule has 0 aliphatic carbocycles. The van der Waals surface area contributed by atoms with Crippen LogP contribution in [0.25, 0.3) is 0 Å². The zero-order valence-corrected chi connectivity index (χ0v) is 7.77. The van der Waals surface area contributed by atoms with E-state index < -0.39 is 0 Å². The summed E-state index contributed by atoms with van der Waals surface area (Å²) in [6.07, 6.45) is 0. The van der Waals surface area contributed by atoms with Crippen LogP contribution in [0.1, 0.15) is 0 Å². The van der Waals surface area contributed by atoms with Gasteiger partial charge >= 0.3 is 0 Å². The van der Waals surface area contributed by atoms with Crippen molar-refractivity contribution in [3.8, 4) is 0 Å². The van der Waals surface area contributed by atoms with Crippen LogP contribution in [0.3, 0.4) is 0 Å². The minimum atomic E-state index is -0.209. The van der Waals surface area contributed by atoms with E-state index in [-0.39, 0.29) is 11.6 Å². The molecule has 0 N–H and O–H groups in total. The molecule has 1 aromatic carbocycles. The summed E-state index contributed by atoms with van der Waals surface area (Å²) >= 11 is 7.44. The molecule has 0 radical (unpaired) electrons. The molecule has 1 nitrogen and oxygen atoms in total. The molecular formula is C7H5BrClFO. The van der Waals surface area contributed by atoms with Crippen LogP contribution >= 0.6 is 27.5 Å². The number of carbonyl (C=O) groups is 1. The molecule has 0 spiro atoms. The Kier molecular flexibility index (Phi) is 6.07. The van der Waals surface area contributed by atoms with Gasteiger partial charge in [0.15, 0.2) is 0 Å². The van der Waals surface area contributed by atoms with Gasteiger partial charge in [0.1, 0.15) is 5.82 Å². The average molecular weight is 239 g/mol. The second-order valence-electron chi connectivity index (χ2n) is 1.53. The van der Waals surface area contributed by atoms with Crippen molar-refractivity contribution >= 4 is 33.3 Å². The molecule has 1 aromatic rings. The van der Waals surface area contributed by atoms with E-state index in [4.69, 9.17) is 4.79 Å². The summed E-state index contributed by atoms with van der Waals surface area (Å²) in [4.78, 5) is 8.57. The minimum absolute atomic E-state index is 0.209. The molecular weight excluding hydrogens is 234 g/mol.